The van der Waals surface area contributed by atoms with E-state index >= 15 is 0 Å². The third-order valence-electron chi connectivity index (χ3n) is 3.39. The van der Waals surface area contributed by atoms with Crippen molar-refractivity contribution in [2.45, 2.75) is 13.5 Å². The molecule has 23 heavy (non-hydrogen) atoms. The number of hydrogen-bond donors (Lipinski definition) is 0. The Bertz CT molecular complexity index is 999. The average Bonchev–Trinajstić information content (AvgIpc) is 3.25. The first kappa shape index (κ1) is 13.8. The maximum Gasteiger partial charge on any atom is 0.192 e. The van der Waals surface area contributed by atoms with Crippen molar-refractivity contribution in [3.05, 3.63) is 40.7 Å². The summed E-state index contributed by atoms with van der Waals surface area (Å²) in [6.07, 6.45) is 3.35. The molecule has 4 heterocycles. The summed E-state index contributed by atoms with van der Waals surface area (Å²) in [5, 5.41) is 15.5. The Morgan fingerprint density at radius 1 is 1.39 bits per heavy atom. The van der Waals surface area contributed by atoms with Gasteiger partial charge in [0.05, 0.1) is 22.2 Å². The molecule has 116 valence electrons. The molecule has 0 aromatic carbocycles. The average molecular weight is 327 g/mol. The summed E-state index contributed by atoms with van der Waals surface area (Å²) < 4.78 is 3.33. The van der Waals surface area contributed by atoms with Gasteiger partial charge in [-0.2, -0.15) is 5.10 Å². The van der Waals surface area contributed by atoms with Crippen molar-refractivity contribution in [1.82, 2.24) is 29.4 Å². The Hall–Kier alpha value is -2.81. The molecule has 0 fully saturated rings. The molecule has 0 N–H and O–H groups in total. The van der Waals surface area contributed by atoms with E-state index in [0.29, 0.717) is 11.5 Å². The zero-order valence-corrected chi connectivity index (χ0v) is 13.4. The Balaban J connectivity index is 1.58. The second-order valence-electron chi connectivity index (χ2n) is 4.97. The maximum atomic E-state index is 5.37. The summed E-state index contributed by atoms with van der Waals surface area (Å²) >= 11 is 1.62. The first-order valence-corrected chi connectivity index (χ1v) is 7.83. The molecule has 4 aromatic heterocycles. The van der Waals surface area contributed by atoms with E-state index in [1.54, 1.807) is 33.1 Å². The van der Waals surface area contributed by atoms with E-state index in [2.05, 4.69) is 25.3 Å². The lowest BCUT2D eigenvalue weighted by atomic mass is 10.3. The predicted octanol–water partition coefficient (Wildman–Crippen LogP) is 2.01. The van der Waals surface area contributed by atoms with E-state index in [-0.39, 0.29) is 6.61 Å². The van der Waals surface area contributed by atoms with E-state index in [1.807, 2.05) is 31.5 Å². The van der Waals surface area contributed by atoms with Gasteiger partial charge in [-0.25, -0.2) is 14.5 Å². The topological polar surface area (TPSA) is 82.5 Å². The molecule has 8 nitrogen and oxygen atoms in total. The Morgan fingerprint density at radius 2 is 2.30 bits per heavy atom. The van der Waals surface area contributed by atoms with Crippen LogP contribution in [0.3, 0.4) is 0 Å². The Kier molecular flexibility index (Phi) is 3.27. The van der Waals surface area contributed by atoms with Crippen LogP contribution in [0.5, 0.6) is 0 Å². The summed E-state index contributed by atoms with van der Waals surface area (Å²) in [5.41, 5.74) is 2.31. The van der Waals surface area contributed by atoms with Gasteiger partial charge in [0, 0.05) is 7.05 Å². The van der Waals surface area contributed by atoms with Crippen molar-refractivity contribution in [2.75, 3.05) is 0 Å². The monoisotopic (exact) mass is 327 g/mol. The van der Waals surface area contributed by atoms with Gasteiger partial charge in [0.25, 0.3) is 0 Å². The molecule has 0 aliphatic rings. The van der Waals surface area contributed by atoms with Crippen molar-refractivity contribution in [3.63, 3.8) is 0 Å². The van der Waals surface area contributed by atoms with E-state index < -0.39 is 0 Å². The lowest BCUT2D eigenvalue weighted by molar-refractivity contribution is 0.125. The number of fused-ring (bicyclic) bond motifs is 3. The molecule has 0 saturated carbocycles. The van der Waals surface area contributed by atoms with E-state index in [1.165, 1.54) is 0 Å². The third kappa shape index (κ3) is 2.44. The zero-order valence-electron chi connectivity index (χ0n) is 12.5. The van der Waals surface area contributed by atoms with Crippen LogP contribution in [0.15, 0.2) is 35.2 Å². The Morgan fingerprint density at radius 3 is 3.13 bits per heavy atom. The van der Waals surface area contributed by atoms with Crippen molar-refractivity contribution < 1.29 is 4.84 Å². The van der Waals surface area contributed by atoms with Gasteiger partial charge in [0.2, 0.25) is 0 Å². The van der Waals surface area contributed by atoms with Gasteiger partial charge >= 0.3 is 0 Å². The molecule has 9 heteroatoms. The molecule has 0 aliphatic carbocycles. The van der Waals surface area contributed by atoms with E-state index in [4.69, 9.17) is 4.84 Å². The second kappa shape index (κ2) is 5.43. The Labute approximate surface area is 135 Å². The third-order valence-corrected chi connectivity index (χ3v) is 4.36. The number of rotatable bonds is 4. The summed E-state index contributed by atoms with van der Waals surface area (Å²) in [6.45, 7) is 2.11. The van der Waals surface area contributed by atoms with Crippen molar-refractivity contribution in [3.8, 4) is 0 Å². The SMILES string of the molecule is C/C(=N/OCc1nc2c3cnn(C)c3ncn2n1)c1cccs1. The number of aryl methyl sites for hydroxylation is 1. The highest BCUT2D eigenvalue weighted by molar-refractivity contribution is 7.12. The molecule has 0 bridgehead atoms. The molecular formula is C14H13N7OS. The number of aromatic nitrogens is 6. The van der Waals surface area contributed by atoms with Crippen LogP contribution in [0.1, 0.15) is 17.6 Å². The summed E-state index contributed by atoms with van der Waals surface area (Å²) in [6, 6.07) is 3.98. The molecule has 4 rings (SSSR count). The highest BCUT2D eigenvalue weighted by Gasteiger charge is 2.11. The minimum Gasteiger partial charge on any atom is -0.387 e. The van der Waals surface area contributed by atoms with Crippen LogP contribution in [0.2, 0.25) is 0 Å². The summed E-state index contributed by atoms with van der Waals surface area (Å²) in [4.78, 5) is 15.2. The zero-order chi connectivity index (χ0) is 15.8. The molecule has 0 amide bonds. The standard InChI is InChI=1S/C14H13N7OS/c1-9(11-4-3-5-23-11)19-22-7-12-17-14-10-6-16-20(2)13(10)15-8-21(14)18-12/h3-6,8H,7H2,1-2H3/b19-9-. The van der Waals surface area contributed by atoms with Crippen LogP contribution in [0.25, 0.3) is 16.7 Å². The fourth-order valence-electron chi connectivity index (χ4n) is 2.26. The van der Waals surface area contributed by atoms with Crippen LogP contribution in [0.4, 0.5) is 0 Å². The molecular weight excluding hydrogens is 314 g/mol. The van der Waals surface area contributed by atoms with E-state index in [9.17, 15) is 0 Å². The maximum absolute atomic E-state index is 5.37. The van der Waals surface area contributed by atoms with Crippen molar-refractivity contribution in [2.24, 2.45) is 12.2 Å². The smallest absolute Gasteiger partial charge is 0.192 e. The van der Waals surface area contributed by atoms with Crippen LogP contribution >= 0.6 is 11.3 Å². The van der Waals surface area contributed by atoms with Gasteiger partial charge in [-0.05, 0) is 18.4 Å². The molecule has 0 unspecified atom stereocenters. The minimum absolute atomic E-state index is 0.201. The molecule has 0 spiro atoms. The largest absolute Gasteiger partial charge is 0.387 e. The fraction of sp³-hybridized carbons (Fsp3) is 0.214. The molecule has 0 aliphatic heterocycles. The van der Waals surface area contributed by atoms with Crippen LogP contribution in [0, 0.1) is 0 Å². The van der Waals surface area contributed by atoms with Gasteiger partial charge < -0.3 is 4.84 Å². The quantitative estimate of drug-likeness (QED) is 0.423. The molecule has 0 radical (unpaired) electrons. The van der Waals surface area contributed by atoms with Crippen LogP contribution < -0.4 is 0 Å². The highest BCUT2D eigenvalue weighted by atomic mass is 32.1. The first-order valence-electron chi connectivity index (χ1n) is 6.95. The number of nitrogens with zero attached hydrogens (tertiary/aromatic N) is 7. The second-order valence-corrected chi connectivity index (χ2v) is 5.92. The normalized spacial score (nSPS) is 12.3. The van der Waals surface area contributed by atoms with Gasteiger partial charge in [-0.15, -0.1) is 16.4 Å². The van der Waals surface area contributed by atoms with Gasteiger partial charge in [-0.1, -0.05) is 11.2 Å². The molecule has 0 atom stereocenters. The first-order chi connectivity index (χ1) is 11.2. The van der Waals surface area contributed by atoms with Gasteiger partial charge in [-0.3, -0.25) is 4.68 Å². The van der Waals surface area contributed by atoms with Crippen LogP contribution in [-0.4, -0.2) is 35.1 Å². The van der Waals surface area contributed by atoms with Crippen LogP contribution in [-0.2, 0) is 18.5 Å². The number of oxime groups is 1. The van der Waals surface area contributed by atoms with Gasteiger partial charge in [0.1, 0.15) is 6.33 Å². The lowest BCUT2D eigenvalue weighted by Gasteiger charge is -1.97. The van der Waals surface area contributed by atoms with E-state index in [0.717, 1.165) is 21.6 Å². The van der Waals surface area contributed by atoms with Gasteiger partial charge in [0.15, 0.2) is 23.7 Å². The molecule has 0 saturated heterocycles. The summed E-state index contributed by atoms with van der Waals surface area (Å²) in [7, 11) is 1.84. The number of thiophene rings is 1. The highest BCUT2D eigenvalue weighted by Crippen LogP contribution is 2.15. The molecule has 4 aromatic rings. The minimum atomic E-state index is 0.201. The number of hydrogen-bond acceptors (Lipinski definition) is 7. The van der Waals surface area contributed by atoms with Crippen molar-refractivity contribution in [1.29, 1.82) is 0 Å². The summed E-state index contributed by atoms with van der Waals surface area (Å²) in [5.74, 6) is 0.547. The predicted molar refractivity (Wildman–Crippen MR) is 86.4 cm³/mol. The fourth-order valence-corrected chi connectivity index (χ4v) is 2.93. The lowest BCUT2D eigenvalue weighted by Crippen LogP contribution is -1.96. The van der Waals surface area contributed by atoms with Crippen molar-refractivity contribution >= 4 is 33.7 Å².